The first-order valence-corrected chi connectivity index (χ1v) is 7.89. The van der Waals surface area contributed by atoms with Gasteiger partial charge in [-0.05, 0) is 42.0 Å². The zero-order valence-electron chi connectivity index (χ0n) is 15.1. The molecule has 0 saturated carbocycles. The normalized spacial score (nSPS) is 10.2. The van der Waals surface area contributed by atoms with Gasteiger partial charge in [-0.1, -0.05) is 0 Å². The number of nitrogens with one attached hydrogen (secondary N) is 1. The van der Waals surface area contributed by atoms with Gasteiger partial charge in [0.15, 0.2) is 18.1 Å². The Balaban J connectivity index is 2.04. The Labute approximate surface area is 160 Å². The fourth-order valence-corrected chi connectivity index (χ4v) is 2.07. The van der Waals surface area contributed by atoms with E-state index < -0.39 is 17.7 Å². The maximum absolute atomic E-state index is 13.8. The Hall–Kier alpha value is -3.93. The van der Waals surface area contributed by atoms with Crippen molar-refractivity contribution in [2.45, 2.75) is 0 Å². The Bertz CT molecular complexity index is 953. The van der Waals surface area contributed by atoms with Gasteiger partial charge in [-0.15, -0.1) is 0 Å². The summed E-state index contributed by atoms with van der Waals surface area (Å²) < 4.78 is 28.8. The minimum absolute atomic E-state index is 0.110. The first kappa shape index (κ1) is 20.4. The average molecular weight is 385 g/mol. The molecule has 0 fully saturated rings. The second-order valence-corrected chi connectivity index (χ2v) is 5.28. The fourth-order valence-electron chi connectivity index (χ4n) is 2.07. The Kier molecular flexibility index (Phi) is 7.05. The minimum atomic E-state index is -0.819. The van der Waals surface area contributed by atoms with Crippen LogP contribution in [0.2, 0.25) is 0 Å². The molecule has 0 aliphatic carbocycles. The number of halogens is 1. The first-order chi connectivity index (χ1) is 13.5. The van der Waals surface area contributed by atoms with Gasteiger partial charge in [0.25, 0.3) is 5.91 Å². The van der Waals surface area contributed by atoms with E-state index in [1.165, 1.54) is 32.6 Å². The van der Waals surface area contributed by atoms with E-state index in [-0.39, 0.29) is 17.7 Å². The first-order valence-electron chi connectivity index (χ1n) is 7.89. The van der Waals surface area contributed by atoms with Gasteiger partial charge in [-0.25, -0.2) is 14.6 Å². The van der Waals surface area contributed by atoms with Crippen molar-refractivity contribution >= 4 is 18.1 Å². The van der Waals surface area contributed by atoms with Gasteiger partial charge < -0.3 is 14.2 Å². The molecule has 28 heavy (non-hydrogen) atoms. The number of carbonyl (C=O) groups excluding carboxylic acids is 2. The molecule has 9 heteroatoms. The third kappa shape index (κ3) is 5.28. The van der Waals surface area contributed by atoms with E-state index >= 15 is 0 Å². The van der Waals surface area contributed by atoms with Gasteiger partial charge in [0.05, 0.1) is 37.6 Å². The Morgan fingerprint density at radius 1 is 1.21 bits per heavy atom. The molecular weight excluding hydrogens is 369 g/mol. The molecule has 0 aromatic heterocycles. The molecule has 144 valence electrons. The van der Waals surface area contributed by atoms with Crippen LogP contribution >= 0.6 is 0 Å². The van der Waals surface area contributed by atoms with Crippen LogP contribution in [0.4, 0.5) is 4.39 Å². The van der Waals surface area contributed by atoms with Crippen LogP contribution in [-0.2, 0) is 9.53 Å². The molecule has 8 nitrogen and oxygen atoms in total. The Morgan fingerprint density at radius 2 is 2.00 bits per heavy atom. The molecule has 0 spiro atoms. The number of amides is 1. The highest BCUT2D eigenvalue weighted by molar-refractivity contribution is 5.95. The number of nitriles is 1. The van der Waals surface area contributed by atoms with Gasteiger partial charge in [0, 0.05) is 0 Å². The molecule has 2 rings (SSSR count). The monoisotopic (exact) mass is 385 g/mol. The summed E-state index contributed by atoms with van der Waals surface area (Å²) in [6.07, 6.45) is 1.33. The number of rotatable bonds is 7. The van der Waals surface area contributed by atoms with Crippen LogP contribution in [-0.4, -0.2) is 38.9 Å². The molecule has 0 saturated heterocycles. The van der Waals surface area contributed by atoms with Crippen LogP contribution < -0.4 is 14.9 Å². The molecule has 0 heterocycles. The number of benzene rings is 2. The third-order valence-electron chi connectivity index (χ3n) is 3.48. The second kappa shape index (κ2) is 9.68. The molecule has 1 N–H and O–H groups in total. The molecule has 0 bridgehead atoms. The molecule has 0 aliphatic rings. The molecule has 1 amide bonds. The summed E-state index contributed by atoms with van der Waals surface area (Å²) in [5, 5.41) is 12.5. The lowest BCUT2D eigenvalue weighted by Crippen LogP contribution is -2.19. The highest BCUT2D eigenvalue weighted by Gasteiger charge is 2.12. The van der Waals surface area contributed by atoms with Crippen LogP contribution in [0, 0.1) is 17.1 Å². The molecule has 2 aromatic carbocycles. The van der Waals surface area contributed by atoms with Crippen molar-refractivity contribution in [3.8, 4) is 17.6 Å². The van der Waals surface area contributed by atoms with E-state index in [9.17, 15) is 14.0 Å². The molecule has 0 unspecified atom stereocenters. The maximum Gasteiger partial charge on any atom is 0.343 e. The summed E-state index contributed by atoms with van der Waals surface area (Å²) >= 11 is 0. The predicted molar refractivity (Wildman–Crippen MR) is 96.7 cm³/mol. The van der Waals surface area contributed by atoms with Gasteiger partial charge in [0.2, 0.25) is 0 Å². The van der Waals surface area contributed by atoms with Crippen molar-refractivity contribution in [1.82, 2.24) is 5.43 Å². The standard InChI is InChI=1S/C19H16FN3O5/c1-26-17-8-13(4-6-16(17)28-11-18(24)27-2)10-22-23-19(25)14-5-3-12(9-21)7-15(14)20/h3-8,10H,11H2,1-2H3,(H,23,25)/b22-10-. The van der Waals surface area contributed by atoms with Gasteiger partial charge >= 0.3 is 5.97 Å². The maximum atomic E-state index is 13.8. The number of hydrogen-bond donors (Lipinski definition) is 1. The smallest absolute Gasteiger partial charge is 0.343 e. The SMILES string of the molecule is COC(=O)COc1ccc(/C=N\NC(=O)c2ccc(C#N)cc2F)cc1OC. The van der Waals surface area contributed by atoms with Gasteiger partial charge in [-0.2, -0.15) is 10.4 Å². The lowest BCUT2D eigenvalue weighted by molar-refractivity contribution is -0.142. The van der Waals surface area contributed by atoms with E-state index in [0.29, 0.717) is 17.1 Å². The summed E-state index contributed by atoms with van der Waals surface area (Å²) in [6.45, 7) is -0.271. The van der Waals surface area contributed by atoms with Crippen molar-refractivity contribution < 1.29 is 28.2 Å². The quantitative estimate of drug-likeness (QED) is 0.444. The van der Waals surface area contributed by atoms with Crippen molar-refractivity contribution in [3.63, 3.8) is 0 Å². The van der Waals surface area contributed by atoms with Crippen molar-refractivity contribution in [3.05, 3.63) is 58.9 Å². The van der Waals surface area contributed by atoms with Gasteiger partial charge in [-0.3, -0.25) is 4.79 Å². The van der Waals surface area contributed by atoms with Gasteiger partial charge in [0.1, 0.15) is 5.82 Å². The Morgan fingerprint density at radius 3 is 2.64 bits per heavy atom. The summed E-state index contributed by atoms with van der Waals surface area (Å²) in [5.74, 6) is -1.44. The summed E-state index contributed by atoms with van der Waals surface area (Å²) in [4.78, 5) is 23.1. The van der Waals surface area contributed by atoms with Crippen LogP contribution in [0.3, 0.4) is 0 Å². The molecule has 0 atom stereocenters. The topological polar surface area (TPSA) is 110 Å². The average Bonchev–Trinajstić information content (AvgIpc) is 2.71. The number of hydrogen-bond acceptors (Lipinski definition) is 7. The number of ether oxygens (including phenoxy) is 3. The largest absolute Gasteiger partial charge is 0.493 e. The zero-order valence-corrected chi connectivity index (χ0v) is 15.1. The van der Waals surface area contributed by atoms with E-state index in [1.807, 2.05) is 0 Å². The van der Waals surface area contributed by atoms with Crippen LogP contribution in [0.1, 0.15) is 21.5 Å². The zero-order chi connectivity index (χ0) is 20.5. The number of methoxy groups -OCH3 is 2. The molecule has 0 radical (unpaired) electrons. The molecule has 0 aliphatic heterocycles. The van der Waals surface area contributed by atoms with E-state index in [2.05, 4.69) is 15.3 Å². The van der Waals surface area contributed by atoms with E-state index in [0.717, 1.165) is 6.07 Å². The number of carbonyl (C=O) groups is 2. The van der Waals surface area contributed by atoms with Crippen molar-refractivity contribution in [2.75, 3.05) is 20.8 Å². The fraction of sp³-hybridized carbons (Fsp3) is 0.158. The highest BCUT2D eigenvalue weighted by Crippen LogP contribution is 2.27. The van der Waals surface area contributed by atoms with Crippen LogP contribution in [0.5, 0.6) is 11.5 Å². The van der Waals surface area contributed by atoms with E-state index in [1.54, 1.807) is 24.3 Å². The number of esters is 1. The minimum Gasteiger partial charge on any atom is -0.493 e. The molecule has 2 aromatic rings. The lowest BCUT2D eigenvalue weighted by atomic mass is 10.1. The predicted octanol–water partition coefficient (Wildman–Crippen LogP) is 2.02. The molecular formula is C19H16FN3O5. The summed E-state index contributed by atoms with van der Waals surface area (Å²) in [7, 11) is 2.68. The lowest BCUT2D eigenvalue weighted by Gasteiger charge is -2.10. The highest BCUT2D eigenvalue weighted by atomic mass is 19.1. The summed E-state index contributed by atoms with van der Waals surface area (Å²) in [6, 6.07) is 10.0. The van der Waals surface area contributed by atoms with Crippen LogP contribution in [0.15, 0.2) is 41.5 Å². The van der Waals surface area contributed by atoms with Crippen molar-refractivity contribution in [2.24, 2.45) is 5.10 Å². The summed E-state index contributed by atoms with van der Waals surface area (Å²) in [5.41, 5.74) is 2.63. The van der Waals surface area contributed by atoms with Crippen LogP contribution in [0.25, 0.3) is 0 Å². The third-order valence-corrected chi connectivity index (χ3v) is 3.48. The van der Waals surface area contributed by atoms with E-state index in [4.69, 9.17) is 14.7 Å². The van der Waals surface area contributed by atoms with Crippen molar-refractivity contribution in [1.29, 1.82) is 5.26 Å². The number of hydrazone groups is 1. The second-order valence-electron chi connectivity index (χ2n) is 5.28. The number of nitrogens with zero attached hydrogens (tertiary/aromatic N) is 2.